The quantitative estimate of drug-likeness (QED) is 0.365. The van der Waals surface area contributed by atoms with E-state index in [1.165, 1.54) is 32.3 Å². The molecule has 0 amide bonds. The van der Waals surface area contributed by atoms with Crippen LogP contribution in [0.25, 0.3) is 43.7 Å². The largest absolute Gasteiger partial charge is 0.338 e. The van der Waals surface area contributed by atoms with Gasteiger partial charge in [0.2, 0.25) is 11.9 Å². The molecule has 0 bridgehead atoms. The second-order valence-electron chi connectivity index (χ2n) is 10.3. The van der Waals surface area contributed by atoms with E-state index < -0.39 is 0 Å². The first kappa shape index (κ1) is 21.7. The van der Waals surface area contributed by atoms with Crippen LogP contribution in [0.1, 0.15) is 0 Å². The average Bonchev–Trinajstić information content (AvgIpc) is 2.92. The van der Waals surface area contributed by atoms with Gasteiger partial charge in [-0.2, -0.15) is 15.0 Å². The molecule has 2 aliphatic rings. The molecule has 0 spiro atoms. The highest BCUT2D eigenvalue weighted by molar-refractivity contribution is 6.25. The van der Waals surface area contributed by atoms with Crippen LogP contribution in [-0.2, 0) is 0 Å². The van der Waals surface area contributed by atoms with E-state index in [1.807, 2.05) is 0 Å². The predicted molar refractivity (Wildman–Crippen MR) is 148 cm³/mol. The van der Waals surface area contributed by atoms with E-state index in [4.69, 9.17) is 15.0 Å². The molecule has 0 aliphatic carbocycles. The maximum Gasteiger partial charge on any atom is 0.230 e. The van der Waals surface area contributed by atoms with Crippen molar-refractivity contribution in [3.8, 4) is 11.4 Å². The number of likely N-dealkylation sites (N-methyl/N-ethyl adjacent to an activating group) is 2. The molecule has 7 rings (SSSR count). The van der Waals surface area contributed by atoms with Gasteiger partial charge in [0, 0.05) is 57.9 Å². The van der Waals surface area contributed by atoms with Crippen molar-refractivity contribution >= 4 is 44.2 Å². The van der Waals surface area contributed by atoms with Crippen LogP contribution in [0, 0.1) is 0 Å². The standard InChI is InChI=1S/C29H31N7/c1-33-12-16-35(17-13-33)28-30-27(31-29(32-28)36-18-14-34(2)15-19-36)24-11-9-22-7-6-20-4-3-5-21-8-10-23(24)26(22)25(20)21/h3-11H,12-19H2,1-2H3. The molecule has 5 aromatic rings. The van der Waals surface area contributed by atoms with Crippen LogP contribution in [0.5, 0.6) is 0 Å². The van der Waals surface area contributed by atoms with Crippen LogP contribution in [0.2, 0.25) is 0 Å². The first-order chi connectivity index (χ1) is 17.6. The van der Waals surface area contributed by atoms with E-state index in [1.54, 1.807) is 0 Å². The minimum Gasteiger partial charge on any atom is -0.338 e. The Morgan fingerprint density at radius 1 is 0.528 bits per heavy atom. The molecule has 2 saturated heterocycles. The van der Waals surface area contributed by atoms with Gasteiger partial charge in [0.1, 0.15) is 0 Å². The van der Waals surface area contributed by atoms with Crippen molar-refractivity contribution in [2.45, 2.75) is 0 Å². The van der Waals surface area contributed by atoms with E-state index in [0.717, 1.165) is 75.6 Å². The molecule has 2 fully saturated rings. The molecular formula is C29H31N7. The molecule has 0 radical (unpaired) electrons. The molecule has 2 aliphatic heterocycles. The third-order valence-electron chi connectivity index (χ3n) is 7.95. The molecule has 7 nitrogen and oxygen atoms in total. The van der Waals surface area contributed by atoms with Crippen LogP contribution in [0.15, 0.2) is 54.6 Å². The minimum absolute atomic E-state index is 0.769. The molecule has 0 N–H and O–H groups in total. The topological polar surface area (TPSA) is 51.6 Å². The summed E-state index contributed by atoms with van der Waals surface area (Å²) in [6.07, 6.45) is 0. The molecule has 0 atom stereocenters. The Hall–Kier alpha value is -3.55. The number of aromatic nitrogens is 3. The summed E-state index contributed by atoms with van der Waals surface area (Å²) in [4.78, 5) is 24.6. The monoisotopic (exact) mass is 477 g/mol. The fraction of sp³-hybridized carbons (Fsp3) is 0.345. The molecule has 0 unspecified atom stereocenters. The summed E-state index contributed by atoms with van der Waals surface area (Å²) in [5.74, 6) is 2.37. The molecule has 182 valence electrons. The number of anilines is 2. The Balaban J connectivity index is 1.41. The Morgan fingerprint density at radius 2 is 1.03 bits per heavy atom. The molecule has 36 heavy (non-hydrogen) atoms. The zero-order valence-electron chi connectivity index (χ0n) is 21.0. The van der Waals surface area contributed by atoms with Crippen LogP contribution >= 0.6 is 0 Å². The molecule has 7 heteroatoms. The SMILES string of the molecule is CN1CCN(c2nc(-c3ccc4ccc5cccc6ccc3c4c56)nc(N3CCN(C)CC3)n2)CC1. The van der Waals surface area contributed by atoms with Gasteiger partial charge in [0.05, 0.1) is 0 Å². The smallest absolute Gasteiger partial charge is 0.230 e. The highest BCUT2D eigenvalue weighted by Gasteiger charge is 2.24. The number of hydrogen-bond acceptors (Lipinski definition) is 7. The summed E-state index contributed by atoms with van der Waals surface area (Å²) in [6, 6.07) is 19.9. The average molecular weight is 478 g/mol. The van der Waals surface area contributed by atoms with E-state index in [2.05, 4.69) is 88.3 Å². The molecule has 3 heterocycles. The van der Waals surface area contributed by atoms with Crippen molar-refractivity contribution < 1.29 is 0 Å². The van der Waals surface area contributed by atoms with Crippen molar-refractivity contribution in [2.24, 2.45) is 0 Å². The number of benzene rings is 4. The van der Waals surface area contributed by atoms with E-state index >= 15 is 0 Å². The van der Waals surface area contributed by atoms with Crippen molar-refractivity contribution in [1.29, 1.82) is 0 Å². The van der Waals surface area contributed by atoms with E-state index in [9.17, 15) is 0 Å². The zero-order chi connectivity index (χ0) is 24.2. The molecule has 0 saturated carbocycles. The second kappa shape index (κ2) is 8.54. The maximum atomic E-state index is 5.09. The Bertz CT molecular complexity index is 1490. The van der Waals surface area contributed by atoms with Gasteiger partial charge in [-0.3, -0.25) is 0 Å². The number of nitrogens with zero attached hydrogens (tertiary/aromatic N) is 7. The molecule has 1 aromatic heterocycles. The Kier molecular flexibility index (Phi) is 5.15. The highest BCUT2D eigenvalue weighted by Crippen LogP contribution is 2.38. The zero-order valence-corrected chi connectivity index (χ0v) is 21.0. The van der Waals surface area contributed by atoms with Crippen LogP contribution < -0.4 is 9.80 Å². The lowest BCUT2D eigenvalue weighted by molar-refractivity contribution is 0.308. The lowest BCUT2D eigenvalue weighted by atomic mass is 9.92. The Labute approximate surface area is 211 Å². The van der Waals surface area contributed by atoms with E-state index in [0.29, 0.717) is 0 Å². The maximum absolute atomic E-state index is 5.09. The van der Waals surface area contributed by atoms with Gasteiger partial charge in [0.25, 0.3) is 0 Å². The summed E-state index contributed by atoms with van der Waals surface area (Å²) < 4.78 is 0. The van der Waals surface area contributed by atoms with Crippen molar-refractivity contribution in [3.05, 3.63) is 54.6 Å². The van der Waals surface area contributed by atoms with Gasteiger partial charge in [-0.25, -0.2) is 0 Å². The summed E-state index contributed by atoms with van der Waals surface area (Å²) in [5.41, 5.74) is 1.08. The lowest BCUT2D eigenvalue weighted by Gasteiger charge is -2.35. The van der Waals surface area contributed by atoms with Crippen LogP contribution in [-0.4, -0.2) is 91.2 Å². The number of rotatable bonds is 3. The van der Waals surface area contributed by atoms with Crippen molar-refractivity contribution in [1.82, 2.24) is 24.8 Å². The van der Waals surface area contributed by atoms with Gasteiger partial charge >= 0.3 is 0 Å². The first-order valence-corrected chi connectivity index (χ1v) is 12.9. The number of piperazine rings is 2. The number of hydrogen-bond donors (Lipinski definition) is 0. The van der Waals surface area contributed by atoms with Gasteiger partial charge in [-0.1, -0.05) is 48.5 Å². The summed E-state index contributed by atoms with van der Waals surface area (Å²) >= 11 is 0. The van der Waals surface area contributed by atoms with Gasteiger partial charge < -0.3 is 19.6 Å². The summed E-state index contributed by atoms with van der Waals surface area (Å²) in [7, 11) is 4.35. The molecular weight excluding hydrogens is 446 g/mol. The first-order valence-electron chi connectivity index (χ1n) is 12.9. The minimum atomic E-state index is 0.769. The fourth-order valence-corrected chi connectivity index (χ4v) is 5.70. The lowest BCUT2D eigenvalue weighted by Crippen LogP contribution is -2.46. The van der Waals surface area contributed by atoms with Crippen LogP contribution in [0.3, 0.4) is 0 Å². The fourth-order valence-electron chi connectivity index (χ4n) is 5.70. The predicted octanol–water partition coefficient (Wildman–Crippen LogP) is 3.94. The summed E-state index contributed by atoms with van der Waals surface area (Å²) in [5, 5.41) is 7.62. The van der Waals surface area contributed by atoms with Gasteiger partial charge in [-0.15, -0.1) is 0 Å². The van der Waals surface area contributed by atoms with Crippen LogP contribution in [0.4, 0.5) is 11.9 Å². The summed E-state index contributed by atoms with van der Waals surface area (Å²) in [6.45, 7) is 7.79. The van der Waals surface area contributed by atoms with Gasteiger partial charge in [-0.05, 0) is 52.5 Å². The third-order valence-corrected chi connectivity index (χ3v) is 7.95. The normalized spacial score (nSPS) is 18.2. The second-order valence-corrected chi connectivity index (χ2v) is 10.3. The molecule has 4 aromatic carbocycles. The van der Waals surface area contributed by atoms with E-state index in [-0.39, 0.29) is 0 Å². The third kappa shape index (κ3) is 3.62. The van der Waals surface area contributed by atoms with Crippen molar-refractivity contribution in [3.63, 3.8) is 0 Å². The van der Waals surface area contributed by atoms with Crippen molar-refractivity contribution in [2.75, 3.05) is 76.3 Å². The van der Waals surface area contributed by atoms with Gasteiger partial charge in [0.15, 0.2) is 5.82 Å². The highest BCUT2D eigenvalue weighted by atomic mass is 15.4. The Morgan fingerprint density at radius 3 is 1.61 bits per heavy atom.